The molecule has 2 aliphatic carbocycles. The van der Waals surface area contributed by atoms with Gasteiger partial charge in [0.1, 0.15) is 0 Å². The minimum absolute atomic E-state index is 0.121. The van der Waals surface area contributed by atoms with Crippen LogP contribution in [0.2, 0.25) is 0 Å². The molecule has 2 saturated carbocycles. The van der Waals surface area contributed by atoms with Gasteiger partial charge in [-0.2, -0.15) is 0 Å². The third kappa shape index (κ3) is 5.27. The fourth-order valence-electron chi connectivity index (χ4n) is 5.92. The predicted molar refractivity (Wildman–Crippen MR) is 129 cm³/mol. The standard InChI is InChI=1S/C28H30O8/c1-16(29)33-24-9-7-20(13-26(24)35-18(3)31)21-12-22-6-5-11-28(22,15-21)23-8-10-25(34-17(2)30)27(14-23)36-19(4)32/h7-10,13-14,21-22H,5-6,11-12,15H2,1-4H3. The maximum absolute atomic E-state index is 11.7. The smallest absolute Gasteiger partial charge is 0.308 e. The van der Waals surface area contributed by atoms with E-state index in [1.165, 1.54) is 27.7 Å². The molecule has 3 atom stereocenters. The van der Waals surface area contributed by atoms with Crippen LogP contribution in [-0.4, -0.2) is 23.9 Å². The molecule has 36 heavy (non-hydrogen) atoms. The van der Waals surface area contributed by atoms with Crippen LogP contribution in [0, 0.1) is 5.92 Å². The van der Waals surface area contributed by atoms with Crippen LogP contribution in [0.25, 0.3) is 0 Å². The van der Waals surface area contributed by atoms with Crippen LogP contribution < -0.4 is 18.9 Å². The molecule has 2 fully saturated rings. The molecule has 0 amide bonds. The van der Waals surface area contributed by atoms with Crippen molar-refractivity contribution in [3.05, 3.63) is 47.5 Å². The number of carbonyl (C=O) groups excluding carboxylic acids is 4. The van der Waals surface area contributed by atoms with Gasteiger partial charge in [0.2, 0.25) is 0 Å². The van der Waals surface area contributed by atoms with E-state index in [1.807, 2.05) is 18.2 Å². The van der Waals surface area contributed by atoms with Gasteiger partial charge in [-0.05, 0) is 78.3 Å². The van der Waals surface area contributed by atoms with Gasteiger partial charge in [0, 0.05) is 27.7 Å². The highest BCUT2D eigenvalue weighted by atomic mass is 16.6. The highest BCUT2D eigenvalue weighted by molar-refractivity contribution is 5.74. The van der Waals surface area contributed by atoms with Crippen molar-refractivity contribution in [3.63, 3.8) is 0 Å². The first kappa shape index (κ1) is 25.4. The van der Waals surface area contributed by atoms with E-state index in [-0.39, 0.29) is 34.3 Å². The Kier molecular flexibility index (Phi) is 7.15. The van der Waals surface area contributed by atoms with Gasteiger partial charge < -0.3 is 18.9 Å². The number of ether oxygens (including phenoxy) is 4. The lowest BCUT2D eigenvalue weighted by molar-refractivity contribution is -0.134. The molecule has 0 radical (unpaired) electrons. The second kappa shape index (κ2) is 10.1. The summed E-state index contributed by atoms with van der Waals surface area (Å²) in [5.41, 5.74) is 1.94. The second-order valence-electron chi connectivity index (χ2n) is 9.62. The van der Waals surface area contributed by atoms with E-state index in [9.17, 15) is 19.2 Å². The van der Waals surface area contributed by atoms with Gasteiger partial charge in [-0.1, -0.05) is 18.6 Å². The van der Waals surface area contributed by atoms with Gasteiger partial charge in [0.25, 0.3) is 0 Å². The summed E-state index contributed by atoms with van der Waals surface area (Å²) < 4.78 is 21.2. The molecule has 0 aliphatic heterocycles. The van der Waals surface area contributed by atoms with Gasteiger partial charge in [0.15, 0.2) is 23.0 Å². The third-order valence-corrected chi connectivity index (χ3v) is 7.11. The molecule has 0 N–H and O–H groups in total. The second-order valence-corrected chi connectivity index (χ2v) is 9.62. The zero-order chi connectivity index (χ0) is 26.0. The summed E-state index contributed by atoms with van der Waals surface area (Å²) in [5.74, 6) is -0.469. The first-order valence-corrected chi connectivity index (χ1v) is 12.1. The molecule has 8 nitrogen and oxygen atoms in total. The molecule has 190 valence electrons. The van der Waals surface area contributed by atoms with E-state index in [0.29, 0.717) is 5.92 Å². The van der Waals surface area contributed by atoms with Gasteiger partial charge in [-0.3, -0.25) is 19.2 Å². The fraction of sp³-hybridized carbons (Fsp3) is 0.429. The molecular formula is C28H30O8. The SMILES string of the molecule is CC(=O)Oc1ccc(C2CC3CCCC3(c3ccc(OC(C)=O)c(OC(C)=O)c3)C2)cc1OC(C)=O. The highest BCUT2D eigenvalue weighted by Crippen LogP contribution is 2.60. The molecule has 3 unspecified atom stereocenters. The molecular weight excluding hydrogens is 464 g/mol. The summed E-state index contributed by atoms with van der Waals surface area (Å²) in [6.45, 7) is 5.21. The summed E-state index contributed by atoms with van der Waals surface area (Å²) in [6.07, 6.45) is 4.96. The zero-order valence-corrected chi connectivity index (χ0v) is 20.9. The maximum atomic E-state index is 11.7. The average Bonchev–Trinajstić information content (AvgIpc) is 3.33. The van der Waals surface area contributed by atoms with Crippen molar-refractivity contribution in [2.75, 3.05) is 0 Å². The molecule has 0 spiro atoms. The third-order valence-electron chi connectivity index (χ3n) is 7.11. The maximum Gasteiger partial charge on any atom is 0.308 e. The molecule has 2 aromatic rings. The van der Waals surface area contributed by atoms with Crippen molar-refractivity contribution >= 4 is 23.9 Å². The van der Waals surface area contributed by atoms with Gasteiger partial charge in [-0.15, -0.1) is 0 Å². The lowest BCUT2D eigenvalue weighted by atomic mass is 9.73. The molecule has 0 heterocycles. The number of hydrogen-bond donors (Lipinski definition) is 0. The van der Waals surface area contributed by atoms with Crippen molar-refractivity contribution in [2.45, 2.75) is 71.1 Å². The van der Waals surface area contributed by atoms with E-state index >= 15 is 0 Å². The molecule has 8 heteroatoms. The van der Waals surface area contributed by atoms with E-state index < -0.39 is 23.9 Å². The monoisotopic (exact) mass is 494 g/mol. The largest absolute Gasteiger partial charge is 0.423 e. The Balaban J connectivity index is 1.68. The van der Waals surface area contributed by atoms with Gasteiger partial charge in [0.05, 0.1) is 0 Å². The predicted octanol–water partition coefficient (Wildman–Crippen LogP) is 5.00. The quantitative estimate of drug-likeness (QED) is 0.408. The molecule has 4 rings (SSSR count). The first-order chi connectivity index (χ1) is 17.1. The highest BCUT2D eigenvalue weighted by Gasteiger charge is 2.51. The molecule has 0 aromatic heterocycles. The Morgan fingerprint density at radius 2 is 1.25 bits per heavy atom. The fourth-order valence-corrected chi connectivity index (χ4v) is 5.92. The zero-order valence-electron chi connectivity index (χ0n) is 20.9. The van der Waals surface area contributed by atoms with Crippen molar-refractivity contribution < 1.29 is 38.1 Å². The topological polar surface area (TPSA) is 105 Å². The van der Waals surface area contributed by atoms with Crippen LogP contribution in [0.1, 0.15) is 76.8 Å². The first-order valence-electron chi connectivity index (χ1n) is 12.1. The van der Waals surface area contributed by atoms with Crippen molar-refractivity contribution in [1.82, 2.24) is 0 Å². The van der Waals surface area contributed by atoms with Crippen molar-refractivity contribution in [2.24, 2.45) is 5.92 Å². The molecule has 0 bridgehead atoms. The Morgan fingerprint density at radius 3 is 1.83 bits per heavy atom. The summed E-state index contributed by atoms with van der Waals surface area (Å²) in [5, 5.41) is 0. The van der Waals surface area contributed by atoms with Crippen LogP contribution in [0.15, 0.2) is 36.4 Å². The minimum atomic E-state index is -0.494. The van der Waals surface area contributed by atoms with Gasteiger partial charge >= 0.3 is 23.9 Å². The normalized spacial score (nSPS) is 22.4. The summed E-state index contributed by atoms with van der Waals surface area (Å²) >= 11 is 0. The lowest BCUT2D eigenvalue weighted by Crippen LogP contribution is -2.25. The number of esters is 4. The van der Waals surface area contributed by atoms with E-state index in [2.05, 4.69) is 0 Å². The van der Waals surface area contributed by atoms with Crippen molar-refractivity contribution in [3.8, 4) is 23.0 Å². The van der Waals surface area contributed by atoms with Gasteiger partial charge in [-0.25, -0.2) is 0 Å². The minimum Gasteiger partial charge on any atom is -0.423 e. The van der Waals surface area contributed by atoms with Crippen LogP contribution in [-0.2, 0) is 24.6 Å². The summed E-state index contributed by atoms with van der Waals surface area (Å²) in [6, 6.07) is 10.8. The number of rotatable bonds is 6. The molecule has 2 aliphatic rings. The van der Waals surface area contributed by atoms with Crippen LogP contribution in [0.5, 0.6) is 23.0 Å². The summed E-state index contributed by atoms with van der Waals surface area (Å²) in [7, 11) is 0. The Labute approximate surface area is 209 Å². The molecule has 2 aromatic carbocycles. The Hall–Kier alpha value is -3.68. The van der Waals surface area contributed by atoms with Crippen LogP contribution in [0.4, 0.5) is 0 Å². The van der Waals surface area contributed by atoms with Crippen LogP contribution in [0.3, 0.4) is 0 Å². The number of hydrogen-bond acceptors (Lipinski definition) is 8. The Bertz CT molecular complexity index is 1220. The molecule has 0 saturated heterocycles. The van der Waals surface area contributed by atoms with Crippen LogP contribution >= 0.6 is 0 Å². The van der Waals surface area contributed by atoms with E-state index in [4.69, 9.17) is 18.9 Å². The summed E-state index contributed by atoms with van der Waals surface area (Å²) in [4.78, 5) is 46.4. The van der Waals surface area contributed by atoms with E-state index in [0.717, 1.165) is 43.2 Å². The Morgan fingerprint density at radius 1 is 0.722 bits per heavy atom. The number of carbonyl (C=O) groups is 4. The lowest BCUT2D eigenvalue weighted by Gasteiger charge is -2.31. The van der Waals surface area contributed by atoms with Crippen molar-refractivity contribution in [1.29, 1.82) is 0 Å². The average molecular weight is 495 g/mol. The number of benzene rings is 2. The van der Waals surface area contributed by atoms with E-state index in [1.54, 1.807) is 18.2 Å². The number of fused-ring (bicyclic) bond motifs is 1.